The van der Waals surface area contributed by atoms with Gasteiger partial charge in [0.1, 0.15) is 12.4 Å². The topological polar surface area (TPSA) is 35.2 Å². The van der Waals surface area contributed by atoms with Crippen molar-refractivity contribution in [2.45, 2.75) is 20.1 Å². The van der Waals surface area contributed by atoms with Gasteiger partial charge in [-0.2, -0.15) is 0 Å². The Labute approximate surface area is 123 Å². The summed E-state index contributed by atoms with van der Waals surface area (Å²) in [6, 6.07) is 11.4. The molecule has 0 atom stereocenters. The van der Waals surface area contributed by atoms with E-state index in [2.05, 4.69) is 0 Å². The fourth-order valence-corrected chi connectivity index (χ4v) is 2.14. The zero-order chi connectivity index (χ0) is 13.8. The Morgan fingerprint density at radius 3 is 2.53 bits per heavy atom. The lowest BCUT2D eigenvalue weighted by atomic mass is 10.1. The molecule has 0 aromatic heterocycles. The number of hydrogen-bond acceptors (Lipinski definition) is 2. The van der Waals surface area contributed by atoms with E-state index in [0.29, 0.717) is 28.9 Å². The molecule has 0 fully saturated rings. The second-order valence-corrected chi connectivity index (χ2v) is 5.17. The van der Waals surface area contributed by atoms with E-state index in [0.717, 1.165) is 16.7 Å². The SMILES string of the molecule is Cc1ccc(Cl)c(OCc2ccc(CN)cc2Cl)c1. The summed E-state index contributed by atoms with van der Waals surface area (Å²) in [5.41, 5.74) is 8.58. The first-order valence-corrected chi connectivity index (χ1v) is 6.72. The molecule has 0 heterocycles. The van der Waals surface area contributed by atoms with Crippen LogP contribution in [0.5, 0.6) is 5.75 Å². The largest absolute Gasteiger partial charge is 0.487 e. The Hall–Kier alpha value is -1.22. The predicted molar refractivity (Wildman–Crippen MR) is 79.9 cm³/mol. The molecule has 2 nitrogen and oxygen atoms in total. The Bertz CT molecular complexity index is 584. The molecule has 2 aromatic carbocycles. The molecule has 19 heavy (non-hydrogen) atoms. The van der Waals surface area contributed by atoms with Gasteiger partial charge >= 0.3 is 0 Å². The van der Waals surface area contributed by atoms with Crippen LogP contribution in [-0.2, 0) is 13.2 Å². The second kappa shape index (κ2) is 6.29. The number of rotatable bonds is 4. The fourth-order valence-electron chi connectivity index (χ4n) is 1.71. The van der Waals surface area contributed by atoms with E-state index in [1.165, 1.54) is 0 Å². The highest BCUT2D eigenvalue weighted by atomic mass is 35.5. The van der Waals surface area contributed by atoms with Gasteiger partial charge in [-0.05, 0) is 36.2 Å². The van der Waals surface area contributed by atoms with Crippen LogP contribution in [0, 0.1) is 6.92 Å². The molecule has 0 saturated heterocycles. The van der Waals surface area contributed by atoms with E-state index in [1.54, 1.807) is 0 Å². The van der Waals surface area contributed by atoms with Crippen LogP contribution >= 0.6 is 23.2 Å². The highest BCUT2D eigenvalue weighted by Gasteiger charge is 2.05. The lowest BCUT2D eigenvalue weighted by Crippen LogP contribution is -2.00. The van der Waals surface area contributed by atoms with Gasteiger partial charge in [0.25, 0.3) is 0 Å². The number of ether oxygens (including phenoxy) is 1. The summed E-state index contributed by atoms with van der Waals surface area (Å²) in [5, 5.41) is 1.26. The quantitative estimate of drug-likeness (QED) is 0.911. The average molecular weight is 296 g/mol. The fraction of sp³-hybridized carbons (Fsp3) is 0.200. The molecule has 0 saturated carbocycles. The molecule has 0 radical (unpaired) electrons. The highest BCUT2D eigenvalue weighted by Crippen LogP contribution is 2.27. The molecule has 0 unspecified atom stereocenters. The van der Waals surface area contributed by atoms with E-state index in [-0.39, 0.29) is 0 Å². The molecular weight excluding hydrogens is 281 g/mol. The van der Waals surface area contributed by atoms with Crippen molar-refractivity contribution in [2.75, 3.05) is 0 Å². The van der Waals surface area contributed by atoms with Crippen LogP contribution in [0.1, 0.15) is 16.7 Å². The number of benzene rings is 2. The highest BCUT2D eigenvalue weighted by molar-refractivity contribution is 6.32. The molecule has 0 spiro atoms. The molecule has 0 aliphatic carbocycles. The van der Waals surface area contributed by atoms with Gasteiger partial charge in [0.15, 0.2) is 0 Å². The van der Waals surface area contributed by atoms with Gasteiger partial charge in [0.2, 0.25) is 0 Å². The summed E-state index contributed by atoms with van der Waals surface area (Å²) in [4.78, 5) is 0. The van der Waals surface area contributed by atoms with Crippen molar-refractivity contribution in [2.24, 2.45) is 5.73 Å². The Kier molecular flexibility index (Phi) is 4.70. The summed E-state index contributed by atoms with van der Waals surface area (Å²) < 4.78 is 5.71. The maximum atomic E-state index is 6.18. The van der Waals surface area contributed by atoms with E-state index >= 15 is 0 Å². The summed E-state index contributed by atoms with van der Waals surface area (Å²) in [7, 11) is 0. The zero-order valence-electron chi connectivity index (χ0n) is 10.6. The monoisotopic (exact) mass is 295 g/mol. The minimum atomic E-state index is 0.382. The van der Waals surface area contributed by atoms with E-state index in [1.807, 2.05) is 43.3 Å². The van der Waals surface area contributed by atoms with Crippen molar-refractivity contribution < 1.29 is 4.74 Å². The average Bonchev–Trinajstić information content (AvgIpc) is 2.40. The van der Waals surface area contributed by atoms with Gasteiger partial charge in [-0.3, -0.25) is 0 Å². The van der Waals surface area contributed by atoms with Gasteiger partial charge in [-0.15, -0.1) is 0 Å². The maximum absolute atomic E-state index is 6.18. The number of nitrogens with two attached hydrogens (primary N) is 1. The van der Waals surface area contributed by atoms with Crippen molar-refractivity contribution in [3.63, 3.8) is 0 Å². The third kappa shape index (κ3) is 3.63. The molecule has 4 heteroatoms. The van der Waals surface area contributed by atoms with Gasteiger partial charge in [0, 0.05) is 17.1 Å². The molecule has 2 aromatic rings. The molecule has 2 rings (SSSR count). The minimum absolute atomic E-state index is 0.382. The Morgan fingerprint density at radius 2 is 1.84 bits per heavy atom. The van der Waals surface area contributed by atoms with Crippen LogP contribution in [0.4, 0.5) is 0 Å². The van der Waals surface area contributed by atoms with Crippen LogP contribution < -0.4 is 10.5 Å². The van der Waals surface area contributed by atoms with Crippen LogP contribution in [0.15, 0.2) is 36.4 Å². The molecule has 0 aliphatic rings. The van der Waals surface area contributed by atoms with E-state index in [9.17, 15) is 0 Å². The van der Waals surface area contributed by atoms with Crippen molar-refractivity contribution in [1.29, 1.82) is 0 Å². The van der Waals surface area contributed by atoms with Crippen LogP contribution in [0.25, 0.3) is 0 Å². The first kappa shape index (κ1) is 14.2. The lowest BCUT2D eigenvalue weighted by molar-refractivity contribution is 0.306. The van der Waals surface area contributed by atoms with Crippen LogP contribution in [-0.4, -0.2) is 0 Å². The molecule has 100 valence electrons. The standard InChI is InChI=1S/C15H15Cl2NO/c1-10-2-5-13(16)15(6-10)19-9-12-4-3-11(8-18)7-14(12)17/h2-7H,8-9,18H2,1H3. The van der Waals surface area contributed by atoms with Gasteiger partial charge in [-0.1, -0.05) is 41.4 Å². The molecule has 0 aliphatic heterocycles. The number of halogens is 2. The number of hydrogen-bond donors (Lipinski definition) is 1. The minimum Gasteiger partial charge on any atom is -0.487 e. The van der Waals surface area contributed by atoms with E-state index in [4.69, 9.17) is 33.7 Å². The van der Waals surface area contributed by atoms with Gasteiger partial charge in [-0.25, -0.2) is 0 Å². The Balaban J connectivity index is 2.12. The zero-order valence-corrected chi connectivity index (χ0v) is 12.1. The summed E-state index contributed by atoms with van der Waals surface area (Å²) >= 11 is 12.3. The third-order valence-corrected chi connectivity index (χ3v) is 3.49. The number of aryl methyl sites for hydroxylation is 1. The Morgan fingerprint density at radius 1 is 1.05 bits per heavy atom. The van der Waals surface area contributed by atoms with Crippen molar-refractivity contribution >= 4 is 23.2 Å². The predicted octanol–water partition coefficient (Wildman–Crippen LogP) is 4.34. The first-order valence-electron chi connectivity index (χ1n) is 5.96. The second-order valence-electron chi connectivity index (χ2n) is 4.35. The van der Waals surface area contributed by atoms with Crippen molar-refractivity contribution in [1.82, 2.24) is 0 Å². The summed E-state index contributed by atoms with van der Waals surface area (Å²) in [6.07, 6.45) is 0. The summed E-state index contributed by atoms with van der Waals surface area (Å²) in [6.45, 7) is 2.85. The lowest BCUT2D eigenvalue weighted by Gasteiger charge is -2.10. The smallest absolute Gasteiger partial charge is 0.138 e. The maximum Gasteiger partial charge on any atom is 0.138 e. The normalized spacial score (nSPS) is 10.5. The summed E-state index contributed by atoms with van der Waals surface area (Å²) in [5.74, 6) is 0.667. The van der Waals surface area contributed by atoms with Gasteiger partial charge in [0.05, 0.1) is 5.02 Å². The van der Waals surface area contributed by atoms with E-state index < -0.39 is 0 Å². The van der Waals surface area contributed by atoms with Crippen molar-refractivity contribution in [3.8, 4) is 5.75 Å². The first-order chi connectivity index (χ1) is 9.10. The third-order valence-electron chi connectivity index (χ3n) is 2.82. The molecule has 2 N–H and O–H groups in total. The van der Waals surface area contributed by atoms with Gasteiger partial charge < -0.3 is 10.5 Å². The van der Waals surface area contributed by atoms with Crippen molar-refractivity contribution in [3.05, 3.63) is 63.1 Å². The van der Waals surface area contributed by atoms with Crippen LogP contribution in [0.2, 0.25) is 10.0 Å². The van der Waals surface area contributed by atoms with Crippen LogP contribution in [0.3, 0.4) is 0 Å². The molecule has 0 amide bonds. The molecular formula is C15H15Cl2NO. The molecule has 0 bridgehead atoms.